The summed E-state index contributed by atoms with van der Waals surface area (Å²) in [5, 5.41) is 2.71. The Morgan fingerprint density at radius 1 is 1.17 bits per heavy atom. The molecule has 1 unspecified atom stereocenters. The zero-order valence-electron chi connectivity index (χ0n) is 14.3. The average Bonchev–Trinajstić information content (AvgIpc) is 2.54. The van der Waals surface area contributed by atoms with Crippen molar-refractivity contribution in [2.45, 2.75) is 37.0 Å². The van der Waals surface area contributed by atoms with Gasteiger partial charge in [-0.3, -0.25) is 4.79 Å². The van der Waals surface area contributed by atoms with Crippen molar-refractivity contribution in [2.24, 2.45) is 5.73 Å². The topological polar surface area (TPSA) is 55.1 Å². The molecule has 24 heavy (non-hydrogen) atoms. The van der Waals surface area contributed by atoms with Crippen molar-refractivity contribution in [3.63, 3.8) is 0 Å². The molecule has 3 nitrogen and oxygen atoms in total. The quantitative estimate of drug-likeness (QED) is 0.761. The molecule has 5 heteroatoms. The minimum absolute atomic E-state index is 0. The molecule has 0 radical (unpaired) electrons. The van der Waals surface area contributed by atoms with Crippen LogP contribution in [0.3, 0.4) is 0 Å². The highest BCUT2D eigenvalue weighted by atomic mass is 35.5. The molecule has 2 aromatic carbocycles. The van der Waals surface area contributed by atoms with Crippen LogP contribution in [0, 0.1) is 13.8 Å². The summed E-state index contributed by atoms with van der Waals surface area (Å²) in [6.07, 6.45) is 0. The van der Waals surface area contributed by atoms with E-state index in [4.69, 9.17) is 5.73 Å². The van der Waals surface area contributed by atoms with Gasteiger partial charge in [0, 0.05) is 17.5 Å². The Morgan fingerprint density at radius 3 is 2.42 bits per heavy atom. The van der Waals surface area contributed by atoms with E-state index in [1.54, 1.807) is 11.8 Å². The second-order valence-corrected chi connectivity index (χ2v) is 6.97. The summed E-state index contributed by atoms with van der Waals surface area (Å²) in [4.78, 5) is 13.8. The molecule has 0 heterocycles. The number of halogens is 1. The van der Waals surface area contributed by atoms with E-state index in [0.717, 1.165) is 10.5 Å². The first-order valence-electron chi connectivity index (χ1n) is 7.80. The van der Waals surface area contributed by atoms with Crippen LogP contribution in [-0.2, 0) is 4.79 Å². The fourth-order valence-electron chi connectivity index (χ4n) is 2.34. The Morgan fingerprint density at radius 2 is 1.83 bits per heavy atom. The second-order valence-electron chi connectivity index (χ2n) is 5.82. The number of rotatable bonds is 6. The number of carbonyl (C=O) groups excluding carboxylic acids is 1. The van der Waals surface area contributed by atoms with Gasteiger partial charge in [0.1, 0.15) is 5.25 Å². The highest BCUT2D eigenvalue weighted by Gasteiger charge is 2.23. The van der Waals surface area contributed by atoms with Gasteiger partial charge in [-0.15, -0.1) is 24.2 Å². The van der Waals surface area contributed by atoms with Crippen LogP contribution < -0.4 is 11.1 Å². The summed E-state index contributed by atoms with van der Waals surface area (Å²) in [5.41, 5.74) is 9.05. The molecule has 130 valence electrons. The fourth-order valence-corrected chi connectivity index (χ4v) is 3.45. The van der Waals surface area contributed by atoms with Gasteiger partial charge in [0.15, 0.2) is 0 Å². The minimum atomic E-state index is -0.286. The fraction of sp³-hybridized carbons (Fsp3) is 0.316. The standard InChI is InChI=1S/C19H24N2OS.ClH/c1-13-9-10-17(14(2)11-13)23-18(16-7-5-4-6-8-16)19(22)21-15(3)12-20;/h4-11,15,18H,12,20H2,1-3H3,(H,21,22);1H/t15-,18?;/m0./s1. The van der Waals surface area contributed by atoms with Crippen LogP contribution in [0.5, 0.6) is 0 Å². The van der Waals surface area contributed by atoms with Crippen molar-refractivity contribution in [3.05, 3.63) is 65.2 Å². The summed E-state index contributed by atoms with van der Waals surface area (Å²) >= 11 is 1.58. The maximum atomic E-state index is 12.7. The number of aryl methyl sites for hydroxylation is 2. The first kappa shape index (κ1) is 20.6. The molecule has 2 aromatic rings. The minimum Gasteiger partial charge on any atom is -0.351 e. The van der Waals surface area contributed by atoms with E-state index in [-0.39, 0.29) is 29.6 Å². The maximum absolute atomic E-state index is 12.7. The third-order valence-electron chi connectivity index (χ3n) is 3.66. The molecule has 0 aliphatic heterocycles. The van der Waals surface area contributed by atoms with Gasteiger partial charge < -0.3 is 11.1 Å². The highest BCUT2D eigenvalue weighted by Crippen LogP contribution is 2.37. The number of amides is 1. The Hall–Kier alpha value is -1.49. The number of hydrogen-bond acceptors (Lipinski definition) is 3. The lowest BCUT2D eigenvalue weighted by Crippen LogP contribution is -2.39. The van der Waals surface area contributed by atoms with Gasteiger partial charge in [0.2, 0.25) is 5.91 Å². The van der Waals surface area contributed by atoms with Crippen molar-refractivity contribution in [2.75, 3.05) is 6.54 Å². The molecule has 2 rings (SSSR count). The number of hydrogen-bond donors (Lipinski definition) is 2. The van der Waals surface area contributed by atoms with Crippen molar-refractivity contribution in [3.8, 4) is 0 Å². The van der Waals surface area contributed by atoms with Crippen LogP contribution in [0.1, 0.15) is 28.9 Å². The van der Waals surface area contributed by atoms with Crippen LogP contribution in [0.25, 0.3) is 0 Å². The van der Waals surface area contributed by atoms with E-state index in [0.29, 0.717) is 6.54 Å². The van der Waals surface area contributed by atoms with E-state index in [1.807, 2.05) is 37.3 Å². The largest absolute Gasteiger partial charge is 0.351 e. The molecule has 0 saturated heterocycles. The highest BCUT2D eigenvalue weighted by molar-refractivity contribution is 8.00. The molecular formula is C19H25ClN2OS. The van der Waals surface area contributed by atoms with Crippen LogP contribution >= 0.6 is 24.2 Å². The first-order chi connectivity index (χ1) is 11.0. The summed E-state index contributed by atoms with van der Waals surface area (Å²) in [6, 6.07) is 16.2. The number of nitrogens with two attached hydrogens (primary N) is 1. The van der Waals surface area contributed by atoms with Crippen LogP contribution in [0.4, 0.5) is 0 Å². The van der Waals surface area contributed by atoms with E-state index in [1.165, 1.54) is 11.1 Å². The lowest BCUT2D eigenvalue weighted by molar-refractivity contribution is -0.121. The van der Waals surface area contributed by atoms with Crippen molar-refractivity contribution in [1.82, 2.24) is 5.32 Å². The van der Waals surface area contributed by atoms with E-state index >= 15 is 0 Å². The second kappa shape index (κ2) is 9.72. The van der Waals surface area contributed by atoms with Gasteiger partial charge in [-0.2, -0.15) is 0 Å². The Labute approximate surface area is 154 Å². The lowest BCUT2D eigenvalue weighted by Gasteiger charge is -2.20. The third-order valence-corrected chi connectivity index (χ3v) is 5.09. The smallest absolute Gasteiger partial charge is 0.238 e. The molecular weight excluding hydrogens is 340 g/mol. The summed E-state index contributed by atoms with van der Waals surface area (Å²) in [5.74, 6) is -0.000810. The normalized spacial score (nSPS) is 12.8. The van der Waals surface area contributed by atoms with Crippen LogP contribution in [0.15, 0.2) is 53.4 Å². The zero-order valence-corrected chi connectivity index (χ0v) is 15.9. The molecule has 0 saturated carbocycles. The molecule has 0 aliphatic rings. The van der Waals surface area contributed by atoms with Crippen molar-refractivity contribution < 1.29 is 4.79 Å². The molecule has 2 atom stereocenters. The van der Waals surface area contributed by atoms with Crippen molar-refractivity contribution >= 4 is 30.1 Å². The van der Waals surface area contributed by atoms with E-state index in [2.05, 4.69) is 37.4 Å². The molecule has 0 bridgehead atoms. The maximum Gasteiger partial charge on any atom is 0.238 e. The monoisotopic (exact) mass is 364 g/mol. The summed E-state index contributed by atoms with van der Waals surface area (Å²) < 4.78 is 0. The van der Waals surface area contributed by atoms with Crippen molar-refractivity contribution in [1.29, 1.82) is 0 Å². The number of benzene rings is 2. The number of carbonyl (C=O) groups is 1. The first-order valence-corrected chi connectivity index (χ1v) is 8.68. The number of thioether (sulfide) groups is 1. The van der Waals surface area contributed by atoms with E-state index in [9.17, 15) is 4.79 Å². The predicted molar refractivity (Wildman–Crippen MR) is 105 cm³/mol. The van der Waals surface area contributed by atoms with Crippen LogP contribution in [-0.4, -0.2) is 18.5 Å². The van der Waals surface area contributed by atoms with Gasteiger partial charge >= 0.3 is 0 Å². The summed E-state index contributed by atoms with van der Waals surface area (Å²) in [6.45, 7) is 6.51. The number of nitrogens with one attached hydrogen (secondary N) is 1. The predicted octanol–water partition coefficient (Wildman–Crippen LogP) is 4.02. The van der Waals surface area contributed by atoms with Gasteiger partial charge in [-0.05, 0) is 38.0 Å². The third kappa shape index (κ3) is 5.55. The molecule has 0 fully saturated rings. The van der Waals surface area contributed by atoms with Gasteiger partial charge in [0.05, 0.1) is 0 Å². The SMILES string of the molecule is Cc1ccc(SC(C(=O)N[C@@H](C)CN)c2ccccc2)c(C)c1.Cl. The average molecular weight is 365 g/mol. The Balaban J connectivity index is 0.00000288. The molecule has 0 spiro atoms. The van der Waals surface area contributed by atoms with Gasteiger partial charge in [0.25, 0.3) is 0 Å². The Bertz CT molecular complexity index is 664. The Kier molecular flexibility index (Phi) is 8.32. The van der Waals surface area contributed by atoms with Gasteiger partial charge in [-0.1, -0.05) is 48.0 Å². The molecule has 0 aromatic heterocycles. The van der Waals surface area contributed by atoms with Gasteiger partial charge in [-0.25, -0.2) is 0 Å². The zero-order chi connectivity index (χ0) is 16.8. The van der Waals surface area contributed by atoms with Crippen LogP contribution in [0.2, 0.25) is 0 Å². The molecule has 0 aliphatic carbocycles. The lowest BCUT2D eigenvalue weighted by atomic mass is 10.1. The molecule has 3 N–H and O–H groups in total. The summed E-state index contributed by atoms with van der Waals surface area (Å²) in [7, 11) is 0. The molecule has 1 amide bonds. The van der Waals surface area contributed by atoms with E-state index < -0.39 is 0 Å².